The van der Waals surface area contributed by atoms with Gasteiger partial charge >= 0.3 is 5.91 Å². The van der Waals surface area contributed by atoms with Gasteiger partial charge in [0.1, 0.15) is 11.5 Å². The Kier molecular flexibility index (Phi) is 6.75. The Hall–Kier alpha value is -3.68. The van der Waals surface area contributed by atoms with E-state index >= 15 is 0 Å². The maximum absolute atomic E-state index is 13.4. The van der Waals surface area contributed by atoms with Gasteiger partial charge in [-0.2, -0.15) is 0 Å². The summed E-state index contributed by atoms with van der Waals surface area (Å²) in [5.41, 5.74) is 2.78. The number of halogens is 1. The van der Waals surface area contributed by atoms with Gasteiger partial charge in [-0.3, -0.25) is 14.5 Å². The molecule has 0 spiro atoms. The number of anilines is 1. The number of nitrogens with zero attached hydrogens (tertiary/aromatic N) is 2. The average Bonchev–Trinajstić information content (AvgIpc) is 3.40. The molecule has 0 aliphatic carbocycles. The molecule has 2 heterocycles. The topological polar surface area (TPSA) is 79.7 Å². The van der Waals surface area contributed by atoms with E-state index in [2.05, 4.69) is 18.8 Å². The molecule has 4 aromatic rings. The number of aromatic nitrogens is 1. The molecule has 8 heteroatoms. The highest BCUT2D eigenvalue weighted by atomic mass is 35.5. The third-order valence-corrected chi connectivity index (χ3v) is 7.31. The minimum Gasteiger partial charge on any atom is -0.507 e. The first kappa shape index (κ1) is 25.0. The number of carbonyl (C=O) groups excluding carboxylic acids is 2. The molecule has 3 aromatic carbocycles. The number of rotatable bonds is 6. The summed E-state index contributed by atoms with van der Waals surface area (Å²) in [5.74, 6) is -0.713. The number of Topliss-reactive ketones (excluding diaryl/α,β-unsaturated/α-hetero) is 1. The predicted molar refractivity (Wildman–Crippen MR) is 147 cm³/mol. The number of ketones is 1. The molecule has 1 saturated heterocycles. The van der Waals surface area contributed by atoms with E-state index in [1.165, 1.54) is 16.2 Å². The minimum absolute atomic E-state index is 0.0173. The summed E-state index contributed by atoms with van der Waals surface area (Å²) in [6.07, 6.45) is 0. The van der Waals surface area contributed by atoms with Gasteiger partial charge in [-0.1, -0.05) is 66.6 Å². The molecule has 0 bridgehead atoms. The van der Waals surface area contributed by atoms with Gasteiger partial charge in [0.05, 0.1) is 28.4 Å². The second-order valence-corrected chi connectivity index (χ2v) is 10.9. The van der Waals surface area contributed by atoms with Crippen LogP contribution < -0.4 is 9.64 Å². The van der Waals surface area contributed by atoms with Crippen molar-refractivity contribution in [1.82, 2.24) is 4.98 Å². The average molecular weight is 533 g/mol. The Labute approximate surface area is 223 Å². The molecule has 188 valence electrons. The fourth-order valence-corrected chi connectivity index (χ4v) is 5.57. The minimum atomic E-state index is -0.840. The Balaban J connectivity index is 1.63. The summed E-state index contributed by atoms with van der Waals surface area (Å²) in [6.45, 7) is 6.62. The number of benzene rings is 3. The van der Waals surface area contributed by atoms with Crippen molar-refractivity contribution in [3.8, 4) is 5.75 Å². The maximum atomic E-state index is 13.4. The van der Waals surface area contributed by atoms with Crippen LogP contribution in [0.15, 0.2) is 72.3 Å². The highest BCUT2D eigenvalue weighted by molar-refractivity contribution is 7.22. The van der Waals surface area contributed by atoms with Gasteiger partial charge < -0.3 is 9.84 Å². The Morgan fingerprint density at radius 2 is 1.86 bits per heavy atom. The third-order valence-electron chi connectivity index (χ3n) is 6.06. The number of aryl methyl sites for hydroxylation is 1. The highest BCUT2D eigenvalue weighted by Crippen LogP contribution is 2.44. The van der Waals surface area contributed by atoms with E-state index in [0.29, 0.717) is 45.1 Å². The molecule has 1 fully saturated rings. The third kappa shape index (κ3) is 4.84. The van der Waals surface area contributed by atoms with Crippen LogP contribution in [0.1, 0.15) is 36.6 Å². The lowest BCUT2D eigenvalue weighted by Crippen LogP contribution is -2.29. The second-order valence-electron chi connectivity index (χ2n) is 9.42. The number of fused-ring (bicyclic) bond motifs is 1. The van der Waals surface area contributed by atoms with Crippen LogP contribution in [0, 0.1) is 12.8 Å². The van der Waals surface area contributed by atoms with E-state index in [1.807, 2.05) is 31.2 Å². The monoisotopic (exact) mass is 532 g/mol. The van der Waals surface area contributed by atoms with Gasteiger partial charge in [-0.15, -0.1) is 0 Å². The zero-order chi connectivity index (χ0) is 26.3. The van der Waals surface area contributed by atoms with Gasteiger partial charge in [0.25, 0.3) is 5.78 Å². The summed E-state index contributed by atoms with van der Waals surface area (Å²) in [7, 11) is 0. The highest BCUT2D eigenvalue weighted by Gasteiger charge is 2.48. The number of aliphatic hydroxyl groups excluding tert-OH is 1. The Morgan fingerprint density at radius 3 is 2.57 bits per heavy atom. The van der Waals surface area contributed by atoms with Crippen molar-refractivity contribution in [2.45, 2.75) is 26.8 Å². The first-order valence-electron chi connectivity index (χ1n) is 11.9. The van der Waals surface area contributed by atoms with Crippen LogP contribution >= 0.6 is 22.9 Å². The number of hydrogen-bond acceptors (Lipinski definition) is 6. The molecule has 1 aliphatic heterocycles. The predicted octanol–water partition coefficient (Wildman–Crippen LogP) is 6.92. The lowest BCUT2D eigenvalue weighted by atomic mass is 9.94. The van der Waals surface area contributed by atoms with Gasteiger partial charge in [-0.25, -0.2) is 4.98 Å². The molecule has 5 rings (SSSR count). The number of amides is 1. The van der Waals surface area contributed by atoms with E-state index in [1.54, 1.807) is 42.5 Å². The number of ether oxygens (including phenoxy) is 1. The largest absolute Gasteiger partial charge is 0.507 e. The van der Waals surface area contributed by atoms with E-state index in [-0.39, 0.29) is 11.3 Å². The lowest BCUT2D eigenvalue weighted by Gasteiger charge is -2.23. The molecule has 1 unspecified atom stereocenters. The lowest BCUT2D eigenvalue weighted by molar-refractivity contribution is -0.132. The van der Waals surface area contributed by atoms with Crippen molar-refractivity contribution in [1.29, 1.82) is 0 Å². The van der Waals surface area contributed by atoms with Crippen LogP contribution in [0.3, 0.4) is 0 Å². The van der Waals surface area contributed by atoms with Gasteiger partial charge in [0, 0.05) is 10.6 Å². The molecular weight excluding hydrogens is 508 g/mol. The molecule has 1 N–H and O–H groups in total. The molecule has 1 atom stereocenters. The van der Waals surface area contributed by atoms with Gasteiger partial charge in [0.15, 0.2) is 5.13 Å². The van der Waals surface area contributed by atoms with Crippen molar-refractivity contribution in [3.63, 3.8) is 0 Å². The van der Waals surface area contributed by atoms with E-state index < -0.39 is 17.7 Å². The summed E-state index contributed by atoms with van der Waals surface area (Å²) < 4.78 is 6.53. The van der Waals surface area contributed by atoms with Crippen LogP contribution in [0.5, 0.6) is 5.75 Å². The molecule has 1 amide bonds. The van der Waals surface area contributed by atoms with E-state index in [4.69, 9.17) is 16.3 Å². The molecule has 1 aliphatic rings. The number of aliphatic hydroxyl groups is 1. The van der Waals surface area contributed by atoms with Crippen molar-refractivity contribution < 1.29 is 19.4 Å². The van der Waals surface area contributed by atoms with Crippen molar-refractivity contribution in [2.75, 3.05) is 11.5 Å². The first-order chi connectivity index (χ1) is 17.7. The zero-order valence-electron chi connectivity index (χ0n) is 20.6. The smallest absolute Gasteiger partial charge is 0.301 e. The Bertz CT molecular complexity index is 1540. The second kappa shape index (κ2) is 10.00. The summed E-state index contributed by atoms with van der Waals surface area (Å²) in [6, 6.07) is 18.9. The van der Waals surface area contributed by atoms with Crippen LogP contribution in [-0.2, 0) is 9.59 Å². The standard InChI is InChI=1S/C29H25ClN2O4S/c1-16(2)15-36-21-10-7-18(8-11-21)26(33)24-25(19-6-4-5-17(3)13-19)32(28(35)27(24)34)29-31-22-12-9-20(30)14-23(22)37-29/h4-14,16,25,33H,15H2,1-3H3/b26-24+. The van der Waals surface area contributed by atoms with Crippen LogP contribution in [0.2, 0.25) is 5.02 Å². The number of carbonyl (C=O) groups is 2. The quantitative estimate of drug-likeness (QED) is 0.166. The van der Waals surface area contributed by atoms with E-state index in [9.17, 15) is 14.7 Å². The molecule has 0 saturated carbocycles. The maximum Gasteiger partial charge on any atom is 0.301 e. The molecule has 1 aromatic heterocycles. The molecule has 6 nitrogen and oxygen atoms in total. The number of hydrogen-bond donors (Lipinski definition) is 1. The van der Waals surface area contributed by atoms with Crippen LogP contribution in [0.25, 0.3) is 16.0 Å². The molecule has 37 heavy (non-hydrogen) atoms. The molecule has 0 radical (unpaired) electrons. The van der Waals surface area contributed by atoms with Gasteiger partial charge in [0.2, 0.25) is 0 Å². The van der Waals surface area contributed by atoms with Crippen LogP contribution in [-0.4, -0.2) is 28.4 Å². The number of thiazole rings is 1. The van der Waals surface area contributed by atoms with Crippen molar-refractivity contribution in [2.24, 2.45) is 5.92 Å². The molecular formula is C29H25ClN2O4S. The van der Waals surface area contributed by atoms with Crippen LogP contribution in [0.4, 0.5) is 5.13 Å². The van der Waals surface area contributed by atoms with E-state index in [0.717, 1.165) is 10.3 Å². The van der Waals surface area contributed by atoms with Crippen molar-refractivity contribution >= 4 is 55.7 Å². The fourth-order valence-electron chi connectivity index (χ4n) is 4.30. The first-order valence-corrected chi connectivity index (χ1v) is 13.1. The summed E-state index contributed by atoms with van der Waals surface area (Å²) in [4.78, 5) is 32.8. The summed E-state index contributed by atoms with van der Waals surface area (Å²) in [5, 5.41) is 12.3. The van der Waals surface area contributed by atoms with Crippen molar-refractivity contribution in [3.05, 3.63) is 94.0 Å². The SMILES string of the molecule is Cc1cccc(C2/C(=C(\O)c3ccc(OCC(C)C)cc3)C(=O)C(=O)N2c2nc3ccc(Cl)cc3s2)c1. The normalized spacial score (nSPS) is 17.2. The fraction of sp³-hybridized carbons (Fsp3) is 0.207. The summed E-state index contributed by atoms with van der Waals surface area (Å²) >= 11 is 7.43. The zero-order valence-corrected chi connectivity index (χ0v) is 22.1. The Morgan fingerprint density at radius 1 is 1.11 bits per heavy atom. The van der Waals surface area contributed by atoms with Gasteiger partial charge in [-0.05, 0) is 60.9 Å².